The maximum Gasteiger partial charge on any atom is 0.313 e. The van der Waals surface area contributed by atoms with E-state index in [1.165, 1.54) is 0 Å². The molecule has 2 rings (SSSR count). The average molecular weight is 228 g/mol. The monoisotopic (exact) mass is 228 g/mol. The number of nitrogens with one attached hydrogen (secondary N) is 1. The number of hydrogen-bond acceptors (Lipinski definition) is 5. The third-order valence-corrected chi connectivity index (χ3v) is 1.99. The van der Waals surface area contributed by atoms with Crippen LogP contribution in [-0.2, 0) is 0 Å². The molecule has 0 spiro atoms. The number of anilines is 1. The Morgan fingerprint density at radius 1 is 1.35 bits per heavy atom. The van der Waals surface area contributed by atoms with Crippen LogP contribution in [-0.4, -0.2) is 16.1 Å². The zero-order valence-corrected chi connectivity index (χ0v) is 8.97. The quantitative estimate of drug-likeness (QED) is 0.840. The number of aromatic nitrogens is 2. The maximum absolute atomic E-state index is 11.6. The second kappa shape index (κ2) is 4.45. The molecule has 0 unspecified atom stereocenters. The van der Waals surface area contributed by atoms with Gasteiger partial charge < -0.3 is 9.73 Å². The van der Waals surface area contributed by atoms with Crippen LogP contribution in [0.4, 0.5) is 5.69 Å². The molecule has 0 atom stereocenters. The molecule has 0 saturated heterocycles. The number of nitriles is 1. The summed E-state index contributed by atoms with van der Waals surface area (Å²) in [7, 11) is 0. The van der Waals surface area contributed by atoms with Crippen molar-refractivity contribution in [2.45, 2.75) is 6.92 Å². The van der Waals surface area contributed by atoms with Crippen LogP contribution in [0.15, 0.2) is 28.7 Å². The Hall–Kier alpha value is -2.68. The fraction of sp³-hybridized carbons (Fsp3) is 0.0909. The van der Waals surface area contributed by atoms with E-state index in [0.29, 0.717) is 17.1 Å². The lowest BCUT2D eigenvalue weighted by Crippen LogP contribution is -2.12. The van der Waals surface area contributed by atoms with Crippen molar-refractivity contribution in [1.29, 1.82) is 5.26 Å². The first-order chi connectivity index (χ1) is 8.19. The predicted octanol–water partition coefficient (Wildman–Crippen LogP) is 1.50. The van der Waals surface area contributed by atoms with Gasteiger partial charge in [-0.15, -0.1) is 10.2 Å². The van der Waals surface area contributed by atoms with E-state index in [1.54, 1.807) is 31.2 Å². The van der Waals surface area contributed by atoms with E-state index in [0.717, 1.165) is 0 Å². The summed E-state index contributed by atoms with van der Waals surface area (Å²) in [5, 5.41) is 18.3. The molecule has 0 aliphatic carbocycles. The molecular weight excluding hydrogens is 220 g/mol. The van der Waals surface area contributed by atoms with Gasteiger partial charge in [0.25, 0.3) is 0 Å². The van der Waals surface area contributed by atoms with E-state index in [4.69, 9.17) is 9.68 Å². The number of nitrogens with zero attached hydrogens (tertiary/aromatic N) is 3. The molecule has 6 heteroatoms. The van der Waals surface area contributed by atoms with Crippen LogP contribution in [0.3, 0.4) is 0 Å². The summed E-state index contributed by atoms with van der Waals surface area (Å²) in [6.45, 7) is 1.60. The number of hydrogen-bond donors (Lipinski definition) is 1. The molecule has 17 heavy (non-hydrogen) atoms. The topological polar surface area (TPSA) is 91.8 Å². The number of carbonyl (C=O) groups is 1. The Bertz CT molecular complexity index is 580. The smallest absolute Gasteiger partial charge is 0.313 e. The summed E-state index contributed by atoms with van der Waals surface area (Å²) in [4.78, 5) is 11.6. The first-order valence-electron chi connectivity index (χ1n) is 4.80. The summed E-state index contributed by atoms with van der Waals surface area (Å²) in [5.74, 6) is -0.239. The molecule has 1 N–H and O–H groups in total. The van der Waals surface area contributed by atoms with Crippen LogP contribution in [0.5, 0.6) is 0 Å². The highest BCUT2D eigenvalue weighted by atomic mass is 16.4. The SMILES string of the molecule is Cc1nnc(C(=O)Nc2ccc(C#N)cc2)o1. The Labute approximate surface area is 96.9 Å². The van der Waals surface area contributed by atoms with Crippen molar-refractivity contribution < 1.29 is 9.21 Å². The Morgan fingerprint density at radius 3 is 2.59 bits per heavy atom. The summed E-state index contributed by atoms with van der Waals surface area (Å²) >= 11 is 0. The fourth-order valence-electron chi connectivity index (χ4n) is 1.20. The maximum atomic E-state index is 11.6. The molecule has 1 heterocycles. The number of aryl methyl sites for hydroxylation is 1. The van der Waals surface area contributed by atoms with Gasteiger partial charge in [-0.2, -0.15) is 5.26 Å². The summed E-state index contributed by atoms with van der Waals surface area (Å²) < 4.78 is 4.98. The first kappa shape index (κ1) is 10.8. The number of rotatable bonds is 2. The van der Waals surface area contributed by atoms with Crippen LogP contribution in [0.1, 0.15) is 22.1 Å². The minimum absolute atomic E-state index is 0.0909. The lowest BCUT2D eigenvalue weighted by atomic mass is 10.2. The summed E-state index contributed by atoms with van der Waals surface area (Å²) in [5.41, 5.74) is 1.08. The van der Waals surface area contributed by atoms with Crippen LogP contribution in [0.25, 0.3) is 0 Å². The largest absolute Gasteiger partial charge is 0.417 e. The second-order valence-corrected chi connectivity index (χ2v) is 3.27. The van der Waals surface area contributed by atoms with Gasteiger partial charge >= 0.3 is 11.8 Å². The van der Waals surface area contributed by atoms with Gasteiger partial charge in [-0.25, -0.2) is 0 Å². The first-order valence-corrected chi connectivity index (χ1v) is 4.80. The highest BCUT2D eigenvalue weighted by Crippen LogP contribution is 2.10. The molecule has 6 nitrogen and oxygen atoms in total. The van der Waals surface area contributed by atoms with Gasteiger partial charge in [-0.1, -0.05) is 0 Å². The number of carbonyl (C=O) groups excluding carboxylic acids is 1. The molecule has 0 saturated carbocycles. The van der Waals surface area contributed by atoms with Crippen molar-refractivity contribution in [1.82, 2.24) is 10.2 Å². The molecule has 84 valence electrons. The van der Waals surface area contributed by atoms with Crippen molar-refractivity contribution in [3.8, 4) is 6.07 Å². The van der Waals surface area contributed by atoms with Crippen molar-refractivity contribution in [2.24, 2.45) is 0 Å². The summed E-state index contributed by atoms with van der Waals surface area (Å²) in [6.07, 6.45) is 0. The van der Waals surface area contributed by atoms with Crippen molar-refractivity contribution in [3.63, 3.8) is 0 Å². The number of amides is 1. The minimum atomic E-state index is -0.477. The standard InChI is InChI=1S/C11H8N4O2/c1-7-14-15-11(17-7)10(16)13-9-4-2-8(6-12)3-5-9/h2-5H,1H3,(H,13,16). The molecule has 0 bridgehead atoms. The van der Waals surface area contributed by atoms with E-state index in [9.17, 15) is 4.79 Å². The molecule has 0 aliphatic rings. The lowest BCUT2D eigenvalue weighted by Gasteiger charge is -2.01. The van der Waals surface area contributed by atoms with Gasteiger partial charge in [0.2, 0.25) is 5.89 Å². The van der Waals surface area contributed by atoms with Gasteiger partial charge in [0.05, 0.1) is 11.6 Å². The minimum Gasteiger partial charge on any atom is -0.417 e. The Kier molecular flexibility index (Phi) is 2.83. The van der Waals surface area contributed by atoms with Crippen LogP contribution < -0.4 is 5.32 Å². The third kappa shape index (κ3) is 2.46. The van der Waals surface area contributed by atoms with Gasteiger partial charge in [-0.3, -0.25) is 4.79 Å². The molecule has 0 aliphatic heterocycles. The van der Waals surface area contributed by atoms with Crippen LogP contribution >= 0.6 is 0 Å². The molecule has 0 radical (unpaired) electrons. The van der Waals surface area contributed by atoms with Crippen LogP contribution in [0, 0.1) is 18.3 Å². The van der Waals surface area contributed by atoms with Crippen molar-refractivity contribution in [2.75, 3.05) is 5.32 Å². The molecule has 2 aromatic rings. The van der Waals surface area contributed by atoms with Gasteiger partial charge in [0.1, 0.15) is 0 Å². The normalized spacial score (nSPS) is 9.65. The van der Waals surface area contributed by atoms with Crippen molar-refractivity contribution >= 4 is 11.6 Å². The number of benzene rings is 1. The molecule has 1 aromatic carbocycles. The molecular formula is C11H8N4O2. The fourth-order valence-corrected chi connectivity index (χ4v) is 1.20. The van der Waals surface area contributed by atoms with Gasteiger partial charge in [-0.05, 0) is 24.3 Å². The Morgan fingerprint density at radius 2 is 2.06 bits per heavy atom. The van der Waals surface area contributed by atoms with E-state index in [1.807, 2.05) is 6.07 Å². The van der Waals surface area contributed by atoms with E-state index in [-0.39, 0.29) is 5.89 Å². The van der Waals surface area contributed by atoms with E-state index < -0.39 is 5.91 Å². The molecule has 1 aromatic heterocycles. The molecule has 0 fully saturated rings. The molecule has 1 amide bonds. The zero-order chi connectivity index (χ0) is 12.3. The highest BCUT2D eigenvalue weighted by Gasteiger charge is 2.13. The van der Waals surface area contributed by atoms with Gasteiger partial charge in [0.15, 0.2) is 0 Å². The van der Waals surface area contributed by atoms with Gasteiger partial charge in [0, 0.05) is 12.6 Å². The predicted molar refractivity (Wildman–Crippen MR) is 58.1 cm³/mol. The highest BCUT2D eigenvalue weighted by molar-refractivity contribution is 6.00. The summed E-state index contributed by atoms with van der Waals surface area (Å²) in [6, 6.07) is 8.45. The third-order valence-electron chi connectivity index (χ3n) is 1.99. The van der Waals surface area contributed by atoms with E-state index in [2.05, 4.69) is 15.5 Å². The van der Waals surface area contributed by atoms with Crippen LogP contribution in [0.2, 0.25) is 0 Å². The zero-order valence-electron chi connectivity index (χ0n) is 8.97. The van der Waals surface area contributed by atoms with Crippen molar-refractivity contribution in [3.05, 3.63) is 41.6 Å². The Balaban J connectivity index is 2.11. The second-order valence-electron chi connectivity index (χ2n) is 3.27. The lowest BCUT2D eigenvalue weighted by molar-refractivity contribution is 0.0989. The average Bonchev–Trinajstić information content (AvgIpc) is 2.77. The van der Waals surface area contributed by atoms with E-state index >= 15 is 0 Å².